The maximum absolute atomic E-state index is 11.6. The van der Waals surface area contributed by atoms with Crippen LogP contribution in [-0.4, -0.2) is 49.8 Å². The summed E-state index contributed by atoms with van der Waals surface area (Å²) in [5.74, 6) is 0.906. The van der Waals surface area contributed by atoms with E-state index in [-0.39, 0.29) is 11.2 Å². The first-order valence-electron chi connectivity index (χ1n) is 19.8. The van der Waals surface area contributed by atoms with Crippen LogP contribution in [0.2, 0.25) is 0 Å². The van der Waals surface area contributed by atoms with E-state index in [1.54, 1.807) is 13.1 Å². The number of ether oxygens (including phenoxy) is 1. The van der Waals surface area contributed by atoms with Gasteiger partial charge in [0, 0.05) is 50.4 Å². The van der Waals surface area contributed by atoms with Gasteiger partial charge in [0.1, 0.15) is 12.3 Å². The highest BCUT2D eigenvalue weighted by Gasteiger charge is 2.18. The van der Waals surface area contributed by atoms with Crippen LogP contribution in [0.3, 0.4) is 0 Å². The Hall–Kier alpha value is -5.47. The minimum absolute atomic E-state index is 0.146. The maximum atomic E-state index is 11.6. The zero-order chi connectivity index (χ0) is 38.4. The molecule has 8 heteroatoms. The molecule has 0 saturated carbocycles. The number of aryl methyl sites for hydroxylation is 2. The molecule has 0 spiro atoms. The van der Waals surface area contributed by atoms with Crippen molar-refractivity contribution in [3.8, 4) is 17.0 Å². The monoisotopic (exact) mass is 737 g/mol. The lowest BCUT2D eigenvalue weighted by Gasteiger charge is -2.23. The molecule has 0 amide bonds. The Morgan fingerprint density at radius 3 is 2.22 bits per heavy atom. The standard InChI is InChI=1S/C47H55N5O3/c1-4-43(38-16-10-8-11-17-38)46(40-18-12-9-13-19-40)41-24-26-42(27-25-41)55-33-32-50(3)34-37-20-22-39(23-21-37)44-35-52(49-48-44)30-15-7-5-6-14-29-51-31-28-45(53)47(54)36(51)2/h8-13,16-24,26,28,31,35,54H,4-7,14-15,25,27,29-30,32-34H2,1-3H3/b46-43-. The number of hydrogen-bond acceptors (Lipinski definition) is 6. The smallest absolute Gasteiger partial charge is 0.223 e. The lowest BCUT2D eigenvalue weighted by atomic mass is 9.84. The predicted molar refractivity (Wildman–Crippen MR) is 223 cm³/mol. The van der Waals surface area contributed by atoms with Gasteiger partial charge in [-0.05, 0) is 79.1 Å². The highest BCUT2D eigenvalue weighted by molar-refractivity contribution is 5.98. The van der Waals surface area contributed by atoms with Gasteiger partial charge in [0.15, 0.2) is 5.75 Å². The minimum Gasteiger partial charge on any atom is -0.503 e. The van der Waals surface area contributed by atoms with E-state index in [1.807, 2.05) is 15.4 Å². The van der Waals surface area contributed by atoms with Crippen LogP contribution in [0, 0.1) is 6.92 Å². The Balaban J connectivity index is 0.922. The van der Waals surface area contributed by atoms with E-state index in [0.29, 0.717) is 12.3 Å². The van der Waals surface area contributed by atoms with E-state index in [1.165, 1.54) is 39.5 Å². The van der Waals surface area contributed by atoms with Gasteiger partial charge in [-0.1, -0.05) is 122 Å². The maximum Gasteiger partial charge on any atom is 0.223 e. The first kappa shape index (κ1) is 39.2. The molecule has 0 unspecified atom stereocenters. The number of allylic oxidation sites excluding steroid dienone is 6. The van der Waals surface area contributed by atoms with Crippen molar-refractivity contribution in [2.24, 2.45) is 0 Å². The van der Waals surface area contributed by atoms with E-state index in [9.17, 15) is 9.90 Å². The zero-order valence-electron chi connectivity index (χ0n) is 32.7. The highest BCUT2D eigenvalue weighted by atomic mass is 16.5. The zero-order valence-corrected chi connectivity index (χ0v) is 32.7. The fraction of sp³-hybridized carbons (Fsp3) is 0.340. The Labute approximate surface area is 326 Å². The van der Waals surface area contributed by atoms with Gasteiger partial charge >= 0.3 is 0 Å². The van der Waals surface area contributed by atoms with Crippen molar-refractivity contribution in [3.63, 3.8) is 0 Å². The fourth-order valence-corrected chi connectivity index (χ4v) is 7.30. The van der Waals surface area contributed by atoms with Gasteiger partial charge in [-0.15, -0.1) is 5.10 Å². The van der Waals surface area contributed by atoms with Gasteiger partial charge in [-0.25, -0.2) is 0 Å². The van der Waals surface area contributed by atoms with Gasteiger partial charge in [0.05, 0.1) is 17.6 Å². The molecular weight excluding hydrogens is 683 g/mol. The molecule has 2 aromatic heterocycles. The number of unbranched alkanes of at least 4 members (excludes halogenated alkanes) is 4. The summed E-state index contributed by atoms with van der Waals surface area (Å²) in [7, 11) is 2.14. The van der Waals surface area contributed by atoms with Crippen LogP contribution in [0.5, 0.6) is 5.75 Å². The van der Waals surface area contributed by atoms with Gasteiger partial charge in [-0.2, -0.15) is 0 Å². The number of nitrogens with zero attached hydrogens (tertiary/aromatic N) is 5. The third-order valence-corrected chi connectivity index (χ3v) is 10.5. The Bertz CT molecular complexity index is 2130. The average Bonchev–Trinajstić information content (AvgIpc) is 3.69. The third kappa shape index (κ3) is 10.8. The first-order valence-corrected chi connectivity index (χ1v) is 19.8. The summed E-state index contributed by atoms with van der Waals surface area (Å²) in [6.45, 7) is 8.02. The van der Waals surface area contributed by atoms with E-state index in [4.69, 9.17) is 4.74 Å². The molecule has 6 rings (SSSR count). The Morgan fingerprint density at radius 1 is 0.836 bits per heavy atom. The second-order valence-corrected chi connectivity index (χ2v) is 14.5. The molecule has 3 aromatic carbocycles. The van der Waals surface area contributed by atoms with Crippen LogP contribution < -0.4 is 5.43 Å². The summed E-state index contributed by atoms with van der Waals surface area (Å²) in [6.07, 6.45) is 16.5. The molecule has 5 aromatic rings. The molecule has 8 nitrogen and oxygen atoms in total. The van der Waals surface area contributed by atoms with Crippen LogP contribution in [-0.2, 0) is 24.4 Å². The van der Waals surface area contributed by atoms with Crippen molar-refractivity contribution >= 4 is 11.1 Å². The second kappa shape index (κ2) is 19.7. The molecule has 0 saturated heterocycles. The van der Waals surface area contributed by atoms with Crippen LogP contribution in [0.25, 0.3) is 22.4 Å². The van der Waals surface area contributed by atoms with E-state index >= 15 is 0 Å². The summed E-state index contributed by atoms with van der Waals surface area (Å²) in [5.41, 5.74) is 10.2. The van der Waals surface area contributed by atoms with Gasteiger partial charge in [0.25, 0.3) is 0 Å². The molecule has 0 fully saturated rings. The molecule has 286 valence electrons. The van der Waals surface area contributed by atoms with E-state index in [2.05, 4.69) is 126 Å². The van der Waals surface area contributed by atoms with Crippen molar-refractivity contribution in [3.05, 3.63) is 159 Å². The molecule has 1 aliphatic carbocycles. The van der Waals surface area contributed by atoms with Crippen molar-refractivity contribution < 1.29 is 9.84 Å². The SMILES string of the molecule is CC/C(=C(/C1=CC=C(OCCN(C)Cc2ccc(-c3cn(CCCCCCCn4ccc(=O)c(O)c4C)nn3)cc2)CC1)c1ccccc1)c1ccccc1. The average molecular weight is 738 g/mol. The van der Waals surface area contributed by atoms with Gasteiger partial charge < -0.3 is 14.4 Å². The summed E-state index contributed by atoms with van der Waals surface area (Å²) in [5, 5.41) is 18.7. The number of aromatic nitrogens is 4. The molecule has 1 aliphatic rings. The first-order chi connectivity index (χ1) is 26.9. The summed E-state index contributed by atoms with van der Waals surface area (Å²) in [4.78, 5) is 13.9. The Kier molecular flexibility index (Phi) is 14.1. The summed E-state index contributed by atoms with van der Waals surface area (Å²) >= 11 is 0. The molecule has 55 heavy (non-hydrogen) atoms. The van der Waals surface area contributed by atoms with E-state index in [0.717, 1.165) is 94.6 Å². The molecule has 0 atom stereocenters. The van der Waals surface area contributed by atoms with Gasteiger partial charge in [0.2, 0.25) is 5.43 Å². The number of pyridine rings is 1. The van der Waals surface area contributed by atoms with Crippen molar-refractivity contribution in [1.29, 1.82) is 0 Å². The molecule has 1 N–H and O–H groups in total. The lowest BCUT2D eigenvalue weighted by Crippen LogP contribution is -2.22. The topological polar surface area (TPSA) is 85.4 Å². The fourth-order valence-electron chi connectivity index (χ4n) is 7.30. The van der Waals surface area contributed by atoms with Crippen LogP contribution in [0.1, 0.15) is 80.7 Å². The molecule has 2 heterocycles. The lowest BCUT2D eigenvalue weighted by molar-refractivity contribution is 0.162. The second-order valence-electron chi connectivity index (χ2n) is 14.5. The van der Waals surface area contributed by atoms with Crippen molar-refractivity contribution in [2.45, 2.75) is 84.8 Å². The number of rotatable bonds is 19. The highest BCUT2D eigenvalue weighted by Crippen LogP contribution is 2.38. The summed E-state index contributed by atoms with van der Waals surface area (Å²) in [6, 6.07) is 31.6. The predicted octanol–water partition coefficient (Wildman–Crippen LogP) is 9.85. The number of hydrogen-bond donors (Lipinski definition) is 1. The van der Waals surface area contributed by atoms with Crippen LogP contribution in [0.4, 0.5) is 0 Å². The molecular formula is C47H55N5O3. The Morgan fingerprint density at radius 2 is 1.53 bits per heavy atom. The van der Waals surface area contributed by atoms with Crippen LogP contribution in [0.15, 0.2) is 132 Å². The number of aromatic hydroxyl groups is 1. The molecule has 0 radical (unpaired) electrons. The summed E-state index contributed by atoms with van der Waals surface area (Å²) < 4.78 is 10.2. The largest absolute Gasteiger partial charge is 0.503 e. The minimum atomic E-state index is -0.320. The van der Waals surface area contributed by atoms with Crippen molar-refractivity contribution in [2.75, 3.05) is 20.2 Å². The molecule has 0 bridgehead atoms. The van der Waals surface area contributed by atoms with Crippen LogP contribution >= 0.6 is 0 Å². The van der Waals surface area contributed by atoms with Gasteiger partial charge in [-0.3, -0.25) is 14.4 Å². The quantitative estimate of drug-likeness (QED) is 0.0671. The normalized spacial score (nSPS) is 13.4. The number of benzene rings is 3. The molecule has 0 aliphatic heterocycles. The third-order valence-electron chi connectivity index (χ3n) is 10.5. The van der Waals surface area contributed by atoms with Crippen molar-refractivity contribution in [1.82, 2.24) is 24.5 Å². The van der Waals surface area contributed by atoms with E-state index < -0.39 is 0 Å². The number of likely N-dealkylation sites (N-methyl/N-ethyl adjacent to an activating group) is 1.